The van der Waals surface area contributed by atoms with Crippen molar-refractivity contribution in [2.24, 2.45) is 0 Å². The van der Waals surface area contributed by atoms with Gasteiger partial charge in [-0.05, 0) is 44.9 Å². The molecule has 2 rings (SSSR count). The van der Waals surface area contributed by atoms with Gasteiger partial charge in [-0.3, -0.25) is 4.79 Å². The summed E-state index contributed by atoms with van der Waals surface area (Å²) in [5, 5.41) is 8.87. The summed E-state index contributed by atoms with van der Waals surface area (Å²) in [5.41, 5.74) is 0.925. The largest absolute Gasteiger partial charge is 0.478 e. The second-order valence-electron chi connectivity index (χ2n) is 6.46. The van der Waals surface area contributed by atoms with Gasteiger partial charge >= 0.3 is 5.97 Å². The third-order valence-electron chi connectivity index (χ3n) is 3.75. The van der Waals surface area contributed by atoms with Gasteiger partial charge in [-0.15, -0.1) is 0 Å². The predicted molar refractivity (Wildman–Crippen MR) is 82.9 cm³/mol. The fourth-order valence-electron chi connectivity index (χ4n) is 2.87. The Labute approximate surface area is 130 Å². The second-order valence-corrected chi connectivity index (χ2v) is 6.46. The minimum atomic E-state index is -0.938. The molecule has 1 heterocycles. The molecule has 1 fully saturated rings. The molecule has 1 aromatic carbocycles. The Hall–Kier alpha value is -1.88. The van der Waals surface area contributed by atoms with Crippen LogP contribution in [0.2, 0.25) is 0 Å². The van der Waals surface area contributed by atoms with Crippen LogP contribution in [0.5, 0.6) is 0 Å². The van der Waals surface area contributed by atoms with Crippen LogP contribution in [0.4, 0.5) is 0 Å². The monoisotopic (exact) mass is 305 g/mol. The lowest BCUT2D eigenvalue weighted by atomic mass is 10.0. The molecule has 0 unspecified atom stereocenters. The number of amides is 1. The van der Waals surface area contributed by atoms with Gasteiger partial charge in [0, 0.05) is 19.5 Å². The Kier molecular flexibility index (Phi) is 4.86. The Morgan fingerprint density at radius 1 is 1.32 bits per heavy atom. The van der Waals surface area contributed by atoms with Crippen molar-refractivity contribution in [1.82, 2.24) is 4.90 Å². The molecule has 1 saturated heterocycles. The Balaban J connectivity index is 1.90. The van der Waals surface area contributed by atoms with E-state index >= 15 is 0 Å². The van der Waals surface area contributed by atoms with Crippen LogP contribution in [0.3, 0.4) is 0 Å². The molecule has 1 aromatic rings. The minimum Gasteiger partial charge on any atom is -0.478 e. The molecule has 0 aromatic heterocycles. The van der Waals surface area contributed by atoms with E-state index in [0.717, 1.165) is 5.56 Å². The Bertz CT molecular complexity index is 550. The zero-order valence-electron chi connectivity index (χ0n) is 13.3. The van der Waals surface area contributed by atoms with Crippen molar-refractivity contribution in [2.75, 3.05) is 13.1 Å². The van der Waals surface area contributed by atoms with Gasteiger partial charge in [-0.25, -0.2) is 4.79 Å². The third kappa shape index (κ3) is 4.31. The highest BCUT2D eigenvalue weighted by Crippen LogP contribution is 2.21. The van der Waals surface area contributed by atoms with E-state index in [4.69, 9.17) is 9.84 Å². The first-order chi connectivity index (χ1) is 10.3. The van der Waals surface area contributed by atoms with Crippen LogP contribution in [0.15, 0.2) is 24.3 Å². The van der Waals surface area contributed by atoms with Crippen LogP contribution in [0.25, 0.3) is 0 Å². The summed E-state index contributed by atoms with van der Waals surface area (Å²) >= 11 is 0. The van der Waals surface area contributed by atoms with Gasteiger partial charge in [0.25, 0.3) is 0 Å². The number of carboxylic acid groups (broad SMARTS) is 1. The standard InChI is InChI=1S/C17H23NO4/c1-12-10-18(11-17(2,3)22-12)15(19)9-6-13-4-7-14(8-5-13)16(20)21/h4-5,7-8,12H,6,9-11H2,1-3H3,(H,20,21)/t12-/m0/s1. The molecule has 1 aliphatic heterocycles. The van der Waals surface area contributed by atoms with E-state index < -0.39 is 5.97 Å². The summed E-state index contributed by atoms with van der Waals surface area (Å²) in [7, 11) is 0. The normalized spacial score (nSPS) is 20.7. The smallest absolute Gasteiger partial charge is 0.335 e. The van der Waals surface area contributed by atoms with E-state index in [0.29, 0.717) is 25.9 Å². The highest BCUT2D eigenvalue weighted by Gasteiger charge is 2.33. The molecule has 120 valence electrons. The number of carboxylic acids is 1. The van der Waals surface area contributed by atoms with Gasteiger partial charge in [0.2, 0.25) is 5.91 Å². The van der Waals surface area contributed by atoms with E-state index in [-0.39, 0.29) is 23.2 Å². The zero-order valence-corrected chi connectivity index (χ0v) is 13.3. The fourth-order valence-corrected chi connectivity index (χ4v) is 2.87. The molecule has 1 aliphatic rings. The average Bonchev–Trinajstić information content (AvgIpc) is 2.43. The molecular weight excluding hydrogens is 282 g/mol. The molecular formula is C17H23NO4. The van der Waals surface area contributed by atoms with Gasteiger partial charge in [-0.1, -0.05) is 12.1 Å². The molecule has 0 aliphatic carbocycles. The van der Waals surface area contributed by atoms with Crippen molar-refractivity contribution in [3.05, 3.63) is 35.4 Å². The lowest BCUT2D eigenvalue weighted by Gasteiger charge is -2.41. The second kappa shape index (κ2) is 6.48. The SMILES string of the molecule is C[C@H]1CN(C(=O)CCc2ccc(C(=O)O)cc2)CC(C)(C)O1. The number of morpholine rings is 1. The highest BCUT2D eigenvalue weighted by molar-refractivity contribution is 5.87. The van der Waals surface area contributed by atoms with Crippen molar-refractivity contribution >= 4 is 11.9 Å². The molecule has 1 N–H and O–H groups in total. The number of nitrogens with zero attached hydrogens (tertiary/aromatic N) is 1. The van der Waals surface area contributed by atoms with Crippen LogP contribution in [0, 0.1) is 0 Å². The lowest BCUT2D eigenvalue weighted by molar-refractivity contribution is -0.158. The number of ether oxygens (including phenoxy) is 1. The first kappa shape index (κ1) is 16.5. The molecule has 0 saturated carbocycles. The number of hydrogen-bond donors (Lipinski definition) is 1. The summed E-state index contributed by atoms with van der Waals surface area (Å²) in [6.45, 7) is 7.20. The van der Waals surface area contributed by atoms with Gasteiger partial charge in [0.15, 0.2) is 0 Å². The van der Waals surface area contributed by atoms with Gasteiger partial charge < -0.3 is 14.7 Å². The molecule has 0 radical (unpaired) electrons. The van der Waals surface area contributed by atoms with Crippen molar-refractivity contribution < 1.29 is 19.4 Å². The molecule has 1 atom stereocenters. The van der Waals surface area contributed by atoms with Gasteiger partial charge in [0.05, 0.1) is 17.3 Å². The number of carbonyl (C=O) groups excluding carboxylic acids is 1. The van der Waals surface area contributed by atoms with Crippen LogP contribution >= 0.6 is 0 Å². The van der Waals surface area contributed by atoms with Crippen LogP contribution in [-0.4, -0.2) is 46.7 Å². The van der Waals surface area contributed by atoms with Crippen LogP contribution in [0.1, 0.15) is 43.1 Å². The number of aromatic carboxylic acids is 1. The molecule has 0 spiro atoms. The van der Waals surface area contributed by atoms with E-state index in [1.165, 1.54) is 0 Å². The Morgan fingerprint density at radius 3 is 2.50 bits per heavy atom. The maximum atomic E-state index is 12.4. The van der Waals surface area contributed by atoms with E-state index in [9.17, 15) is 9.59 Å². The summed E-state index contributed by atoms with van der Waals surface area (Å²) in [5.74, 6) is -0.822. The number of hydrogen-bond acceptors (Lipinski definition) is 3. The van der Waals surface area contributed by atoms with Crippen LogP contribution < -0.4 is 0 Å². The van der Waals surface area contributed by atoms with Crippen molar-refractivity contribution in [3.8, 4) is 0 Å². The summed E-state index contributed by atoms with van der Waals surface area (Å²) in [6, 6.07) is 6.68. The molecule has 0 bridgehead atoms. The third-order valence-corrected chi connectivity index (χ3v) is 3.75. The van der Waals surface area contributed by atoms with E-state index in [1.807, 2.05) is 25.7 Å². The van der Waals surface area contributed by atoms with Gasteiger partial charge in [-0.2, -0.15) is 0 Å². The average molecular weight is 305 g/mol. The molecule has 1 amide bonds. The topological polar surface area (TPSA) is 66.8 Å². The quantitative estimate of drug-likeness (QED) is 0.927. The first-order valence-electron chi connectivity index (χ1n) is 7.55. The number of carbonyl (C=O) groups is 2. The minimum absolute atomic E-state index is 0.0440. The summed E-state index contributed by atoms with van der Waals surface area (Å²) in [4.78, 5) is 25.0. The molecule has 5 nitrogen and oxygen atoms in total. The maximum Gasteiger partial charge on any atom is 0.335 e. The van der Waals surface area contributed by atoms with Crippen molar-refractivity contribution in [3.63, 3.8) is 0 Å². The summed E-state index contributed by atoms with van der Waals surface area (Å²) in [6.07, 6.45) is 1.09. The van der Waals surface area contributed by atoms with E-state index in [2.05, 4.69) is 0 Å². The Morgan fingerprint density at radius 2 is 1.95 bits per heavy atom. The molecule has 5 heteroatoms. The number of benzene rings is 1. The molecule has 22 heavy (non-hydrogen) atoms. The van der Waals surface area contributed by atoms with Crippen molar-refractivity contribution in [1.29, 1.82) is 0 Å². The first-order valence-corrected chi connectivity index (χ1v) is 7.55. The summed E-state index contributed by atoms with van der Waals surface area (Å²) < 4.78 is 5.80. The number of aryl methyl sites for hydroxylation is 1. The van der Waals surface area contributed by atoms with E-state index in [1.54, 1.807) is 24.3 Å². The van der Waals surface area contributed by atoms with Crippen LogP contribution in [-0.2, 0) is 16.0 Å². The van der Waals surface area contributed by atoms with Crippen molar-refractivity contribution in [2.45, 2.75) is 45.3 Å². The lowest BCUT2D eigenvalue weighted by Crippen LogP contribution is -2.53. The predicted octanol–water partition coefficient (Wildman–Crippen LogP) is 2.34. The maximum absolute atomic E-state index is 12.4. The fraction of sp³-hybridized carbons (Fsp3) is 0.529. The number of rotatable bonds is 4. The van der Waals surface area contributed by atoms with Gasteiger partial charge in [0.1, 0.15) is 0 Å². The zero-order chi connectivity index (χ0) is 16.3. The highest BCUT2D eigenvalue weighted by atomic mass is 16.5.